The van der Waals surface area contributed by atoms with Crippen molar-refractivity contribution in [2.24, 2.45) is 10.7 Å². The van der Waals surface area contributed by atoms with Gasteiger partial charge in [0.05, 0.1) is 23.6 Å². The normalized spacial score (nSPS) is 21.5. The van der Waals surface area contributed by atoms with Crippen LogP contribution in [0.1, 0.15) is 54.0 Å². The highest BCUT2D eigenvalue weighted by molar-refractivity contribution is 14.1. The summed E-state index contributed by atoms with van der Waals surface area (Å²) in [5, 5.41) is 9.94. The van der Waals surface area contributed by atoms with Crippen LogP contribution in [-0.2, 0) is 25.4 Å². The standard InChI is InChI=1S/C25H24ClF2IN4O2/c1-24(13-21(34)33(23(31)32-24)19-7-9-35-10-8-19)20-4-2-3-16(22(20)26)11-15-5-6-18(25(27,28)29)12-17(15)14-30/h2-6,12,19H,7-11,13H2,1H3,(H2,31,32)/t24-/m0/s1. The first kappa shape index (κ1) is 25.8. The Morgan fingerprint density at radius 1 is 1.31 bits per heavy atom. The number of rotatable bonds is 5. The van der Waals surface area contributed by atoms with Crippen LogP contribution >= 0.6 is 34.2 Å². The summed E-state index contributed by atoms with van der Waals surface area (Å²) in [5.41, 5.74) is 7.18. The van der Waals surface area contributed by atoms with Crippen LogP contribution < -0.4 is 5.73 Å². The minimum absolute atomic E-state index is 0.0337. The van der Waals surface area contributed by atoms with Crippen molar-refractivity contribution in [3.63, 3.8) is 0 Å². The zero-order chi connectivity index (χ0) is 25.4. The average molecular weight is 613 g/mol. The molecule has 1 atom stereocenters. The second-order valence-corrected chi connectivity index (χ2v) is 10.7. The maximum atomic E-state index is 13.7. The van der Waals surface area contributed by atoms with Gasteiger partial charge in [0.15, 0.2) is 5.96 Å². The predicted octanol–water partition coefficient (Wildman–Crippen LogP) is 5.23. The number of hydrogen-bond donors (Lipinski definition) is 1. The number of aliphatic imine (C=N–C) groups is 1. The van der Waals surface area contributed by atoms with E-state index in [4.69, 9.17) is 27.1 Å². The molecular formula is C25H24ClF2IN4O2. The average Bonchev–Trinajstić information content (AvgIpc) is 2.80. The topological polar surface area (TPSA) is 91.7 Å². The van der Waals surface area contributed by atoms with Crippen molar-refractivity contribution in [2.45, 2.75) is 48.1 Å². The molecule has 2 aromatic carbocycles. The first-order chi connectivity index (χ1) is 16.5. The van der Waals surface area contributed by atoms with Crippen LogP contribution in [0.2, 0.25) is 5.02 Å². The van der Waals surface area contributed by atoms with Gasteiger partial charge >= 0.3 is 3.93 Å². The number of hydrogen-bond acceptors (Lipinski definition) is 5. The molecule has 0 aromatic heterocycles. The molecule has 0 radical (unpaired) electrons. The van der Waals surface area contributed by atoms with E-state index in [2.05, 4.69) is 0 Å². The molecule has 6 nitrogen and oxygen atoms in total. The van der Waals surface area contributed by atoms with Crippen LogP contribution in [0.15, 0.2) is 41.4 Å². The third-order valence-corrected chi connectivity index (χ3v) is 7.59. The van der Waals surface area contributed by atoms with Crippen molar-refractivity contribution in [3.8, 4) is 6.07 Å². The van der Waals surface area contributed by atoms with Crippen molar-refractivity contribution >= 4 is 46.1 Å². The fraction of sp³-hybridized carbons (Fsp3) is 0.400. The van der Waals surface area contributed by atoms with Gasteiger partial charge in [-0.25, -0.2) is 4.99 Å². The molecular weight excluding hydrogens is 589 g/mol. The second-order valence-electron chi connectivity index (χ2n) is 8.96. The molecule has 0 saturated carbocycles. The Hall–Kier alpha value is -2.29. The van der Waals surface area contributed by atoms with E-state index >= 15 is 0 Å². The Morgan fingerprint density at radius 3 is 2.66 bits per heavy atom. The lowest BCUT2D eigenvalue weighted by molar-refractivity contribution is -0.132. The molecule has 2 aromatic rings. The molecule has 10 heteroatoms. The molecule has 35 heavy (non-hydrogen) atoms. The molecule has 0 bridgehead atoms. The Balaban J connectivity index is 1.65. The summed E-state index contributed by atoms with van der Waals surface area (Å²) in [5.74, 6) is 0.0506. The van der Waals surface area contributed by atoms with E-state index in [0.717, 1.165) is 22.6 Å². The van der Waals surface area contributed by atoms with Crippen LogP contribution in [0.4, 0.5) is 8.78 Å². The number of ether oxygens (including phenoxy) is 1. The number of nitrogens with zero attached hydrogens (tertiary/aromatic N) is 3. The van der Waals surface area contributed by atoms with Crippen LogP contribution in [0.3, 0.4) is 0 Å². The molecule has 184 valence electrons. The number of nitrogens with two attached hydrogens (primary N) is 1. The van der Waals surface area contributed by atoms with Gasteiger partial charge in [-0.05, 0) is 42.5 Å². The van der Waals surface area contributed by atoms with Crippen LogP contribution in [0.5, 0.6) is 0 Å². The summed E-state index contributed by atoms with van der Waals surface area (Å²) in [7, 11) is 0. The van der Waals surface area contributed by atoms with Gasteiger partial charge in [-0.2, -0.15) is 14.0 Å². The van der Waals surface area contributed by atoms with E-state index in [1.165, 1.54) is 18.2 Å². The van der Waals surface area contributed by atoms with Crippen LogP contribution in [0.25, 0.3) is 0 Å². The van der Waals surface area contributed by atoms with Gasteiger partial charge in [-0.15, -0.1) is 0 Å². The summed E-state index contributed by atoms with van der Waals surface area (Å²) < 4.78 is 29.7. The Bertz CT molecular complexity index is 1220. The summed E-state index contributed by atoms with van der Waals surface area (Å²) in [6.07, 6.45) is 1.79. The molecule has 1 saturated heterocycles. The highest BCUT2D eigenvalue weighted by atomic mass is 127. The monoisotopic (exact) mass is 612 g/mol. The molecule has 0 unspecified atom stereocenters. The molecule has 0 aliphatic carbocycles. The molecule has 2 heterocycles. The summed E-state index contributed by atoms with van der Waals surface area (Å²) in [6.45, 7) is 2.98. The zero-order valence-electron chi connectivity index (χ0n) is 19.0. The molecule has 2 aliphatic rings. The molecule has 2 aliphatic heterocycles. The molecule has 0 spiro atoms. The van der Waals surface area contributed by atoms with Crippen molar-refractivity contribution in [3.05, 3.63) is 69.2 Å². The largest absolute Gasteiger partial charge is 0.381 e. The van der Waals surface area contributed by atoms with Crippen molar-refractivity contribution in [1.82, 2.24) is 4.90 Å². The first-order valence-electron chi connectivity index (χ1n) is 11.2. The van der Waals surface area contributed by atoms with E-state index < -0.39 is 9.47 Å². The van der Waals surface area contributed by atoms with Gasteiger partial charge in [0.1, 0.15) is 0 Å². The minimum atomic E-state index is -3.07. The third kappa shape index (κ3) is 5.29. The Kier molecular flexibility index (Phi) is 7.36. The highest BCUT2D eigenvalue weighted by Crippen LogP contribution is 2.40. The number of benzene rings is 2. The lowest BCUT2D eigenvalue weighted by Gasteiger charge is -2.40. The quantitative estimate of drug-likeness (QED) is 0.370. The highest BCUT2D eigenvalue weighted by Gasteiger charge is 2.41. The SMILES string of the molecule is C[C@@]1(c2cccc(Cc3ccc(C(F)(F)I)cc3C#N)c2Cl)CC(=O)N(C2CCOCC2)C(N)=N1. The van der Waals surface area contributed by atoms with Crippen molar-refractivity contribution in [1.29, 1.82) is 5.26 Å². The summed E-state index contributed by atoms with van der Waals surface area (Å²) in [6, 6.07) is 11.4. The smallest absolute Gasteiger partial charge is 0.321 e. The number of alkyl halides is 3. The van der Waals surface area contributed by atoms with E-state index in [-0.39, 0.29) is 41.9 Å². The summed E-state index contributed by atoms with van der Waals surface area (Å²) in [4.78, 5) is 19.4. The first-order valence-corrected chi connectivity index (χ1v) is 12.6. The van der Waals surface area contributed by atoms with Gasteiger partial charge in [-0.3, -0.25) is 9.69 Å². The van der Waals surface area contributed by atoms with E-state index in [1.54, 1.807) is 4.90 Å². The number of carbonyl (C=O) groups excluding carboxylic acids is 1. The maximum Gasteiger partial charge on any atom is 0.321 e. The fourth-order valence-corrected chi connectivity index (χ4v) is 5.42. The minimum Gasteiger partial charge on any atom is -0.381 e. The zero-order valence-corrected chi connectivity index (χ0v) is 21.9. The number of guanidine groups is 1. The summed E-state index contributed by atoms with van der Waals surface area (Å²) >= 11 is 7.85. The van der Waals surface area contributed by atoms with Crippen LogP contribution in [0, 0.1) is 11.3 Å². The van der Waals surface area contributed by atoms with Gasteiger partial charge < -0.3 is 10.5 Å². The lowest BCUT2D eigenvalue weighted by Crippen LogP contribution is -2.55. The number of halogens is 4. The van der Waals surface area contributed by atoms with Gasteiger partial charge in [0, 0.05) is 58.9 Å². The maximum absolute atomic E-state index is 13.7. The predicted molar refractivity (Wildman–Crippen MR) is 138 cm³/mol. The fourth-order valence-electron chi connectivity index (χ4n) is 4.69. The Labute approximate surface area is 221 Å². The van der Waals surface area contributed by atoms with Gasteiger partial charge in [0.25, 0.3) is 0 Å². The van der Waals surface area contributed by atoms with E-state index in [0.29, 0.717) is 47.8 Å². The van der Waals surface area contributed by atoms with Crippen molar-refractivity contribution < 1.29 is 18.3 Å². The van der Waals surface area contributed by atoms with E-state index in [9.17, 15) is 18.8 Å². The molecule has 1 fully saturated rings. The second kappa shape index (κ2) is 9.99. The number of amides is 1. The van der Waals surface area contributed by atoms with Crippen LogP contribution in [-0.4, -0.2) is 36.0 Å². The molecule has 1 amide bonds. The Morgan fingerprint density at radius 2 is 2.03 bits per heavy atom. The van der Waals surface area contributed by atoms with E-state index in [1.807, 2.05) is 31.2 Å². The number of carbonyl (C=O) groups is 1. The number of nitriles is 1. The lowest BCUT2D eigenvalue weighted by atomic mass is 9.85. The van der Waals surface area contributed by atoms with Gasteiger partial charge in [0.2, 0.25) is 5.91 Å². The molecule has 4 rings (SSSR count). The molecule has 2 N–H and O–H groups in total. The third-order valence-electron chi connectivity index (χ3n) is 6.53. The van der Waals surface area contributed by atoms with Crippen molar-refractivity contribution in [2.75, 3.05) is 13.2 Å². The van der Waals surface area contributed by atoms with Gasteiger partial charge in [-0.1, -0.05) is 41.9 Å².